The number of hydrogen-bond donors (Lipinski definition) is 1. The van der Waals surface area contributed by atoms with Gasteiger partial charge in [0.15, 0.2) is 0 Å². The molecule has 0 saturated carbocycles. The fraction of sp³-hybridized carbons (Fsp3) is 0.318. The second kappa shape index (κ2) is 9.06. The van der Waals surface area contributed by atoms with Gasteiger partial charge in [-0.2, -0.15) is 4.98 Å². The van der Waals surface area contributed by atoms with E-state index in [4.69, 9.17) is 4.52 Å². The molecule has 3 aromatic rings. The molecule has 2 aromatic carbocycles. The monoisotopic (exact) mass is 472 g/mol. The molecule has 0 bridgehead atoms. The van der Waals surface area contributed by atoms with E-state index in [0.29, 0.717) is 23.8 Å². The molecule has 1 aliphatic rings. The second-order valence-electron chi connectivity index (χ2n) is 7.52. The van der Waals surface area contributed by atoms with Crippen LogP contribution in [0.25, 0.3) is 11.4 Å². The number of piperidine rings is 1. The molecular formula is C22H22BrFN4O2. The van der Waals surface area contributed by atoms with Crippen molar-refractivity contribution in [3.63, 3.8) is 0 Å². The molecule has 156 valence electrons. The first kappa shape index (κ1) is 20.7. The van der Waals surface area contributed by atoms with Gasteiger partial charge in [-0.1, -0.05) is 21.1 Å². The van der Waals surface area contributed by atoms with Crippen LogP contribution in [0, 0.1) is 18.7 Å². The molecule has 0 radical (unpaired) electrons. The standard InChI is InChI=1S/C22H22BrFN4O2/c1-14-12-18(6-7-19(14)23)25-22(29)16-8-10-28(11-9-16)13-20-26-21(27-30-20)15-2-4-17(24)5-3-15/h2-7,12,16H,8-11,13H2,1H3,(H,25,29). The smallest absolute Gasteiger partial charge is 0.241 e. The third kappa shape index (κ3) is 4.94. The minimum atomic E-state index is -0.301. The zero-order valence-corrected chi connectivity index (χ0v) is 18.2. The number of benzene rings is 2. The highest BCUT2D eigenvalue weighted by Crippen LogP contribution is 2.24. The normalized spacial score (nSPS) is 15.3. The first-order valence-electron chi connectivity index (χ1n) is 9.86. The molecule has 2 heterocycles. The molecule has 1 aromatic heterocycles. The lowest BCUT2D eigenvalue weighted by atomic mass is 9.96. The number of hydrogen-bond acceptors (Lipinski definition) is 5. The summed E-state index contributed by atoms with van der Waals surface area (Å²) >= 11 is 3.47. The van der Waals surface area contributed by atoms with E-state index >= 15 is 0 Å². The molecule has 1 fully saturated rings. The van der Waals surface area contributed by atoms with E-state index in [-0.39, 0.29) is 17.6 Å². The molecule has 8 heteroatoms. The number of nitrogens with one attached hydrogen (secondary N) is 1. The molecule has 30 heavy (non-hydrogen) atoms. The minimum absolute atomic E-state index is 0.0114. The number of likely N-dealkylation sites (tertiary alicyclic amines) is 1. The minimum Gasteiger partial charge on any atom is -0.338 e. The number of aromatic nitrogens is 2. The first-order chi connectivity index (χ1) is 14.5. The Hall–Kier alpha value is -2.58. The van der Waals surface area contributed by atoms with Gasteiger partial charge in [-0.15, -0.1) is 0 Å². The van der Waals surface area contributed by atoms with Gasteiger partial charge in [0, 0.05) is 21.6 Å². The van der Waals surface area contributed by atoms with E-state index in [1.807, 2.05) is 25.1 Å². The molecule has 6 nitrogen and oxygen atoms in total. The molecule has 1 saturated heterocycles. The van der Waals surface area contributed by atoms with Gasteiger partial charge in [0.1, 0.15) is 5.82 Å². The number of halogens is 2. The van der Waals surface area contributed by atoms with Gasteiger partial charge in [-0.05, 0) is 80.9 Å². The third-order valence-corrected chi connectivity index (χ3v) is 6.20. The number of aryl methyl sites for hydroxylation is 1. The summed E-state index contributed by atoms with van der Waals surface area (Å²) in [6, 6.07) is 11.8. The van der Waals surface area contributed by atoms with Gasteiger partial charge in [0.25, 0.3) is 0 Å². The highest BCUT2D eigenvalue weighted by atomic mass is 79.9. The van der Waals surface area contributed by atoms with E-state index < -0.39 is 0 Å². The van der Waals surface area contributed by atoms with E-state index in [0.717, 1.165) is 41.7 Å². The summed E-state index contributed by atoms with van der Waals surface area (Å²) in [5.41, 5.74) is 2.62. The Kier molecular flexibility index (Phi) is 6.24. The Balaban J connectivity index is 1.29. The predicted molar refractivity (Wildman–Crippen MR) is 115 cm³/mol. The predicted octanol–water partition coefficient (Wildman–Crippen LogP) is 4.80. The topological polar surface area (TPSA) is 71.3 Å². The lowest BCUT2D eigenvalue weighted by Gasteiger charge is -2.30. The molecule has 0 aliphatic carbocycles. The van der Waals surface area contributed by atoms with Crippen molar-refractivity contribution in [2.45, 2.75) is 26.3 Å². The summed E-state index contributed by atoms with van der Waals surface area (Å²) < 4.78 is 19.4. The van der Waals surface area contributed by atoms with Crippen LogP contribution in [-0.2, 0) is 11.3 Å². The lowest BCUT2D eigenvalue weighted by Crippen LogP contribution is -2.37. The van der Waals surface area contributed by atoms with Crippen molar-refractivity contribution in [2.24, 2.45) is 5.92 Å². The summed E-state index contributed by atoms with van der Waals surface area (Å²) in [5.74, 6) is 0.715. The van der Waals surface area contributed by atoms with Gasteiger partial charge >= 0.3 is 0 Å². The molecule has 0 spiro atoms. The van der Waals surface area contributed by atoms with Crippen LogP contribution in [0.5, 0.6) is 0 Å². The number of carbonyl (C=O) groups is 1. The molecule has 1 aliphatic heterocycles. The van der Waals surface area contributed by atoms with Crippen molar-refractivity contribution in [1.82, 2.24) is 15.0 Å². The highest BCUT2D eigenvalue weighted by molar-refractivity contribution is 9.10. The fourth-order valence-electron chi connectivity index (χ4n) is 3.55. The summed E-state index contributed by atoms with van der Waals surface area (Å²) in [7, 11) is 0. The first-order valence-corrected chi connectivity index (χ1v) is 10.6. The van der Waals surface area contributed by atoms with E-state index in [2.05, 4.69) is 36.3 Å². The van der Waals surface area contributed by atoms with Crippen molar-refractivity contribution in [2.75, 3.05) is 18.4 Å². The van der Waals surface area contributed by atoms with Gasteiger partial charge in [0.05, 0.1) is 6.54 Å². The van der Waals surface area contributed by atoms with E-state index in [1.165, 1.54) is 12.1 Å². The SMILES string of the molecule is Cc1cc(NC(=O)C2CCN(Cc3nc(-c4ccc(F)cc4)no3)CC2)ccc1Br. The fourth-order valence-corrected chi connectivity index (χ4v) is 3.79. The number of rotatable bonds is 5. The van der Waals surface area contributed by atoms with Crippen LogP contribution in [0.15, 0.2) is 51.5 Å². The molecule has 4 rings (SSSR count). The van der Waals surface area contributed by atoms with Crippen molar-refractivity contribution < 1.29 is 13.7 Å². The van der Waals surface area contributed by atoms with Crippen LogP contribution in [0.2, 0.25) is 0 Å². The maximum Gasteiger partial charge on any atom is 0.241 e. The van der Waals surface area contributed by atoms with E-state index in [1.54, 1.807) is 12.1 Å². The van der Waals surface area contributed by atoms with Crippen LogP contribution in [0.1, 0.15) is 24.3 Å². The Labute approximate surface area is 182 Å². The van der Waals surface area contributed by atoms with Crippen LogP contribution >= 0.6 is 15.9 Å². The van der Waals surface area contributed by atoms with Gasteiger partial charge in [-0.3, -0.25) is 9.69 Å². The second-order valence-corrected chi connectivity index (χ2v) is 8.38. The maximum atomic E-state index is 13.1. The quantitative estimate of drug-likeness (QED) is 0.577. The summed E-state index contributed by atoms with van der Waals surface area (Å²) in [4.78, 5) is 19.2. The average Bonchev–Trinajstić information content (AvgIpc) is 3.20. The third-order valence-electron chi connectivity index (χ3n) is 5.31. The van der Waals surface area contributed by atoms with Crippen LogP contribution in [-0.4, -0.2) is 34.0 Å². The number of amides is 1. The Morgan fingerprint density at radius 2 is 1.97 bits per heavy atom. The summed E-state index contributed by atoms with van der Waals surface area (Å²) in [6.45, 7) is 4.10. The zero-order valence-electron chi connectivity index (χ0n) is 16.6. The Morgan fingerprint density at radius 1 is 1.23 bits per heavy atom. The van der Waals surface area contributed by atoms with Crippen molar-refractivity contribution in [1.29, 1.82) is 0 Å². The van der Waals surface area contributed by atoms with Crippen molar-refractivity contribution in [3.05, 3.63) is 64.2 Å². The number of carbonyl (C=O) groups excluding carboxylic acids is 1. The molecule has 1 N–H and O–H groups in total. The Bertz CT molecular complexity index is 1030. The van der Waals surface area contributed by atoms with Crippen LogP contribution in [0.3, 0.4) is 0 Å². The van der Waals surface area contributed by atoms with Gasteiger partial charge in [-0.25, -0.2) is 4.39 Å². The highest BCUT2D eigenvalue weighted by Gasteiger charge is 2.26. The molecule has 1 amide bonds. The van der Waals surface area contributed by atoms with Crippen molar-refractivity contribution in [3.8, 4) is 11.4 Å². The largest absolute Gasteiger partial charge is 0.338 e. The van der Waals surface area contributed by atoms with Crippen LogP contribution < -0.4 is 5.32 Å². The number of anilines is 1. The number of nitrogens with zero attached hydrogens (tertiary/aromatic N) is 3. The molecule has 0 atom stereocenters. The van der Waals surface area contributed by atoms with E-state index in [9.17, 15) is 9.18 Å². The molecular weight excluding hydrogens is 451 g/mol. The van der Waals surface area contributed by atoms with Crippen molar-refractivity contribution >= 4 is 27.5 Å². The maximum absolute atomic E-state index is 13.1. The van der Waals surface area contributed by atoms with Gasteiger partial charge < -0.3 is 9.84 Å². The average molecular weight is 473 g/mol. The zero-order chi connectivity index (χ0) is 21.1. The van der Waals surface area contributed by atoms with Gasteiger partial charge in [0.2, 0.25) is 17.6 Å². The summed E-state index contributed by atoms with van der Waals surface area (Å²) in [6.07, 6.45) is 1.56. The lowest BCUT2D eigenvalue weighted by molar-refractivity contribution is -0.121. The Morgan fingerprint density at radius 3 is 2.67 bits per heavy atom. The van der Waals surface area contributed by atoms with Crippen LogP contribution in [0.4, 0.5) is 10.1 Å². The molecule has 0 unspecified atom stereocenters. The summed E-state index contributed by atoms with van der Waals surface area (Å²) in [5, 5.41) is 7.01.